The van der Waals surface area contributed by atoms with Crippen LogP contribution in [0.15, 0.2) is 83.5 Å². The Kier molecular flexibility index (Phi) is 5.20. The Labute approximate surface area is 167 Å². The fourth-order valence-electron chi connectivity index (χ4n) is 2.88. The predicted octanol–water partition coefficient (Wildman–Crippen LogP) is 5.06. The summed E-state index contributed by atoms with van der Waals surface area (Å²) in [6, 6.07) is 21.4. The number of aryl methyl sites for hydroxylation is 1. The molecule has 0 atom stereocenters. The van der Waals surface area contributed by atoms with Crippen LogP contribution in [0.4, 0.5) is 4.39 Å². The van der Waals surface area contributed by atoms with Gasteiger partial charge in [0, 0.05) is 5.56 Å². The van der Waals surface area contributed by atoms with Crippen molar-refractivity contribution >= 4 is 17.9 Å². The lowest BCUT2D eigenvalue weighted by atomic mass is 10.1. The summed E-state index contributed by atoms with van der Waals surface area (Å²) in [6.45, 7) is 2.43. The molecule has 0 unspecified atom stereocenters. The fraction of sp³-hybridized carbons (Fsp3) is 0.0833. The van der Waals surface area contributed by atoms with Crippen LogP contribution in [0.3, 0.4) is 0 Å². The second-order valence-electron chi connectivity index (χ2n) is 6.63. The molecule has 5 heteroatoms. The van der Waals surface area contributed by atoms with Gasteiger partial charge in [-0.2, -0.15) is 0 Å². The maximum absolute atomic E-state index is 14.0. The Bertz CT molecular complexity index is 1120. The quantitative estimate of drug-likeness (QED) is 0.454. The molecule has 0 spiro atoms. The predicted molar refractivity (Wildman–Crippen MR) is 109 cm³/mol. The lowest BCUT2D eigenvalue weighted by Gasteiger charge is -2.09. The van der Waals surface area contributed by atoms with Crippen molar-refractivity contribution in [2.24, 2.45) is 4.99 Å². The second-order valence-corrected chi connectivity index (χ2v) is 6.63. The first kappa shape index (κ1) is 18.6. The Morgan fingerprint density at radius 3 is 2.52 bits per heavy atom. The maximum atomic E-state index is 14.0. The van der Waals surface area contributed by atoms with Crippen molar-refractivity contribution in [2.75, 3.05) is 0 Å². The first-order chi connectivity index (χ1) is 14.1. The van der Waals surface area contributed by atoms with E-state index >= 15 is 0 Å². The van der Waals surface area contributed by atoms with Gasteiger partial charge in [-0.25, -0.2) is 14.2 Å². The number of hydrogen-bond donors (Lipinski definition) is 0. The number of rotatable bonds is 5. The summed E-state index contributed by atoms with van der Waals surface area (Å²) in [5.74, 6) is -0.556. The SMILES string of the molecule is Cc1ccc(COc2ccccc2/C=C2/N=C(c3ccccc3F)OC2=O)cc1. The van der Waals surface area contributed by atoms with Crippen LogP contribution >= 0.6 is 0 Å². The average molecular weight is 387 g/mol. The summed E-state index contributed by atoms with van der Waals surface area (Å²) >= 11 is 0. The van der Waals surface area contributed by atoms with Gasteiger partial charge >= 0.3 is 5.97 Å². The summed E-state index contributed by atoms with van der Waals surface area (Å²) in [7, 11) is 0. The monoisotopic (exact) mass is 387 g/mol. The highest BCUT2D eigenvalue weighted by molar-refractivity contribution is 6.13. The first-order valence-corrected chi connectivity index (χ1v) is 9.15. The van der Waals surface area contributed by atoms with Gasteiger partial charge in [0.15, 0.2) is 5.70 Å². The number of esters is 1. The number of hydrogen-bond acceptors (Lipinski definition) is 4. The van der Waals surface area contributed by atoms with Crippen molar-refractivity contribution in [3.63, 3.8) is 0 Å². The molecule has 1 aliphatic heterocycles. The van der Waals surface area contributed by atoms with Gasteiger partial charge in [0.2, 0.25) is 5.90 Å². The molecule has 3 aromatic carbocycles. The maximum Gasteiger partial charge on any atom is 0.363 e. The Morgan fingerprint density at radius 1 is 1.00 bits per heavy atom. The molecule has 29 heavy (non-hydrogen) atoms. The van der Waals surface area contributed by atoms with Crippen LogP contribution in [0.5, 0.6) is 5.75 Å². The van der Waals surface area contributed by atoms with Crippen molar-refractivity contribution < 1.29 is 18.7 Å². The second kappa shape index (κ2) is 8.10. The van der Waals surface area contributed by atoms with E-state index in [0.29, 0.717) is 17.9 Å². The number of nitrogens with zero attached hydrogens (tertiary/aromatic N) is 1. The van der Waals surface area contributed by atoms with E-state index in [1.807, 2.05) is 55.5 Å². The largest absolute Gasteiger partial charge is 0.488 e. The molecule has 0 radical (unpaired) electrons. The number of carbonyl (C=O) groups is 1. The fourth-order valence-corrected chi connectivity index (χ4v) is 2.88. The summed E-state index contributed by atoms with van der Waals surface area (Å²) in [6.07, 6.45) is 1.58. The van der Waals surface area contributed by atoms with Gasteiger partial charge in [-0.3, -0.25) is 0 Å². The number of carbonyl (C=O) groups excluding carboxylic acids is 1. The molecule has 1 heterocycles. The number of halogens is 1. The van der Waals surface area contributed by atoms with Crippen LogP contribution < -0.4 is 4.74 Å². The third-order valence-electron chi connectivity index (χ3n) is 4.45. The summed E-state index contributed by atoms with van der Waals surface area (Å²) in [4.78, 5) is 16.4. The third-order valence-corrected chi connectivity index (χ3v) is 4.45. The molecule has 1 aliphatic rings. The van der Waals surface area contributed by atoms with Gasteiger partial charge in [-0.1, -0.05) is 60.2 Å². The molecular formula is C24H18FNO3. The molecule has 3 aromatic rings. The van der Waals surface area contributed by atoms with Crippen LogP contribution in [0.1, 0.15) is 22.3 Å². The van der Waals surface area contributed by atoms with E-state index in [0.717, 1.165) is 5.56 Å². The van der Waals surface area contributed by atoms with Crippen molar-refractivity contribution in [3.8, 4) is 5.75 Å². The standard InChI is InChI=1S/C24H18FNO3/c1-16-10-12-17(13-11-16)15-28-22-9-5-2-6-18(22)14-21-24(27)29-23(26-21)19-7-3-4-8-20(19)25/h2-14H,15H2,1H3/b21-14+. The lowest BCUT2D eigenvalue weighted by molar-refractivity contribution is -0.129. The van der Waals surface area contributed by atoms with E-state index in [2.05, 4.69) is 4.99 Å². The highest BCUT2D eigenvalue weighted by Gasteiger charge is 2.26. The summed E-state index contributed by atoms with van der Waals surface area (Å²) in [5, 5.41) is 0. The Hall–Kier alpha value is -3.73. The van der Waals surface area contributed by atoms with E-state index in [4.69, 9.17) is 9.47 Å². The van der Waals surface area contributed by atoms with Crippen LogP contribution in [0.2, 0.25) is 0 Å². The zero-order valence-electron chi connectivity index (χ0n) is 15.8. The van der Waals surface area contributed by atoms with Gasteiger partial charge in [-0.05, 0) is 36.8 Å². The summed E-state index contributed by atoms with van der Waals surface area (Å²) in [5.41, 5.74) is 3.15. The molecule has 0 N–H and O–H groups in total. The van der Waals surface area contributed by atoms with Gasteiger partial charge in [0.05, 0.1) is 5.56 Å². The molecule has 0 fully saturated rings. The summed E-state index contributed by atoms with van der Waals surface area (Å²) < 4.78 is 25.1. The van der Waals surface area contributed by atoms with E-state index in [9.17, 15) is 9.18 Å². The third kappa shape index (κ3) is 4.24. The van der Waals surface area contributed by atoms with E-state index in [1.165, 1.54) is 17.7 Å². The molecule has 144 valence electrons. The molecule has 0 aliphatic carbocycles. The minimum absolute atomic E-state index is 0.0441. The molecule has 0 bridgehead atoms. The number of aliphatic imine (C=N–C) groups is 1. The minimum atomic E-state index is -0.628. The van der Waals surface area contributed by atoms with Crippen molar-refractivity contribution in [3.05, 3.63) is 107 Å². The van der Waals surface area contributed by atoms with Crippen LogP contribution in [0.25, 0.3) is 6.08 Å². The zero-order chi connectivity index (χ0) is 20.2. The molecular weight excluding hydrogens is 369 g/mol. The van der Waals surface area contributed by atoms with Gasteiger partial charge in [-0.15, -0.1) is 0 Å². The van der Waals surface area contributed by atoms with Gasteiger partial charge in [0.25, 0.3) is 0 Å². The van der Waals surface area contributed by atoms with Crippen molar-refractivity contribution in [1.82, 2.24) is 0 Å². The molecule has 4 rings (SSSR count). The van der Waals surface area contributed by atoms with E-state index < -0.39 is 11.8 Å². The van der Waals surface area contributed by atoms with E-state index in [-0.39, 0.29) is 17.2 Å². The number of para-hydroxylation sites is 1. The van der Waals surface area contributed by atoms with Crippen LogP contribution in [-0.4, -0.2) is 11.9 Å². The van der Waals surface area contributed by atoms with Gasteiger partial charge < -0.3 is 9.47 Å². The normalized spacial score (nSPS) is 14.6. The van der Waals surface area contributed by atoms with Gasteiger partial charge in [0.1, 0.15) is 18.2 Å². The molecule has 0 aromatic heterocycles. The highest BCUT2D eigenvalue weighted by Crippen LogP contribution is 2.26. The minimum Gasteiger partial charge on any atom is -0.488 e. The number of ether oxygens (including phenoxy) is 2. The van der Waals surface area contributed by atoms with Crippen LogP contribution in [0, 0.1) is 12.7 Å². The molecule has 0 saturated heterocycles. The van der Waals surface area contributed by atoms with Crippen molar-refractivity contribution in [2.45, 2.75) is 13.5 Å². The first-order valence-electron chi connectivity index (χ1n) is 9.15. The number of cyclic esters (lactones) is 1. The van der Waals surface area contributed by atoms with Crippen molar-refractivity contribution in [1.29, 1.82) is 0 Å². The molecule has 0 amide bonds. The average Bonchev–Trinajstić information content (AvgIpc) is 3.09. The highest BCUT2D eigenvalue weighted by atomic mass is 19.1. The molecule has 0 saturated carbocycles. The Balaban J connectivity index is 1.58. The smallest absolute Gasteiger partial charge is 0.363 e. The Morgan fingerprint density at radius 2 is 1.72 bits per heavy atom. The van der Waals surface area contributed by atoms with Crippen LogP contribution in [-0.2, 0) is 16.1 Å². The van der Waals surface area contributed by atoms with E-state index in [1.54, 1.807) is 18.2 Å². The topological polar surface area (TPSA) is 47.9 Å². The zero-order valence-corrected chi connectivity index (χ0v) is 15.8. The lowest BCUT2D eigenvalue weighted by Crippen LogP contribution is -2.07. The molecule has 4 nitrogen and oxygen atoms in total. The number of benzene rings is 3.